The summed E-state index contributed by atoms with van der Waals surface area (Å²) in [7, 11) is 0.986. The van der Waals surface area contributed by atoms with E-state index in [9.17, 15) is 25.9 Å². The summed E-state index contributed by atoms with van der Waals surface area (Å²) in [5, 5.41) is 13.5. The zero-order valence-corrected chi connectivity index (χ0v) is 31.5. The second-order valence-electron chi connectivity index (χ2n) is 12.4. The maximum absolute atomic E-state index is 9.22. The molecule has 0 spiro atoms. The first-order chi connectivity index (χ1) is 23.2. The number of hydrazone groups is 2. The standard InChI is InChI=1S/C32H38N6.2CH4O4S/c1-31(2)25-16-9-11-18-27(25)35(5)29(31)21-33-37(7)23-14-13-15-24(20-23)38(8)34-22-30-32(3,4)26-17-10-12-19-28(26)36(30)6;2*1-5-6(2,3)4/h9-22H,1-8H3;2*1H3,(H,2,3,4)/q+2;;/p-2. The first-order valence-electron chi connectivity index (χ1n) is 15.3. The van der Waals surface area contributed by atoms with Gasteiger partial charge in [0.25, 0.3) is 0 Å². The number of rotatable bonds is 8. The number of para-hydroxylation sites is 2. The summed E-state index contributed by atoms with van der Waals surface area (Å²) >= 11 is 0. The Hall–Kier alpha value is -4.32. The Morgan fingerprint density at radius 1 is 0.640 bits per heavy atom. The van der Waals surface area contributed by atoms with Crippen LogP contribution in [0.15, 0.2) is 83.0 Å². The Labute approximate surface area is 295 Å². The Morgan fingerprint density at radius 3 is 1.26 bits per heavy atom. The molecule has 0 saturated heterocycles. The van der Waals surface area contributed by atoms with Gasteiger partial charge >= 0.3 is 0 Å². The van der Waals surface area contributed by atoms with Crippen LogP contribution in [-0.4, -0.2) is 101 Å². The summed E-state index contributed by atoms with van der Waals surface area (Å²) in [5.41, 5.74) is 9.24. The molecule has 2 aliphatic rings. The lowest BCUT2D eigenvalue weighted by Gasteiger charge is -2.19. The van der Waals surface area contributed by atoms with Crippen LogP contribution in [0.25, 0.3) is 0 Å². The lowest BCUT2D eigenvalue weighted by molar-refractivity contribution is -0.400. The highest BCUT2D eigenvalue weighted by Gasteiger charge is 2.44. The number of nitrogens with zero attached hydrogens (tertiary/aromatic N) is 6. The van der Waals surface area contributed by atoms with E-state index in [-0.39, 0.29) is 10.8 Å². The van der Waals surface area contributed by atoms with Crippen molar-refractivity contribution in [3.8, 4) is 0 Å². The molecule has 0 radical (unpaired) electrons. The zero-order chi connectivity index (χ0) is 37.7. The van der Waals surface area contributed by atoms with Crippen molar-refractivity contribution in [2.75, 3.05) is 52.4 Å². The normalized spacial score (nSPS) is 16.1. The van der Waals surface area contributed by atoms with Gasteiger partial charge in [-0.1, -0.05) is 42.5 Å². The van der Waals surface area contributed by atoms with E-state index < -0.39 is 20.8 Å². The molecule has 0 fully saturated rings. The van der Waals surface area contributed by atoms with Crippen LogP contribution < -0.4 is 10.0 Å². The van der Waals surface area contributed by atoms with Crippen molar-refractivity contribution in [3.63, 3.8) is 0 Å². The predicted molar refractivity (Wildman–Crippen MR) is 194 cm³/mol. The van der Waals surface area contributed by atoms with Gasteiger partial charge in [-0.05, 0) is 45.9 Å². The molecule has 5 rings (SSSR count). The van der Waals surface area contributed by atoms with E-state index in [1.807, 2.05) is 42.6 Å². The quantitative estimate of drug-likeness (QED) is 0.108. The third kappa shape index (κ3) is 9.47. The number of anilines is 2. The molecule has 0 bridgehead atoms. The van der Waals surface area contributed by atoms with Crippen molar-refractivity contribution in [3.05, 3.63) is 83.9 Å². The fourth-order valence-electron chi connectivity index (χ4n) is 5.77. The molecule has 0 atom stereocenters. The Balaban J connectivity index is 0.000000485. The van der Waals surface area contributed by atoms with E-state index in [1.54, 1.807) is 0 Å². The minimum absolute atomic E-state index is 0.106. The molecule has 0 unspecified atom stereocenters. The zero-order valence-electron chi connectivity index (χ0n) is 29.8. The largest absolute Gasteiger partial charge is 0.726 e. The third-order valence-electron chi connectivity index (χ3n) is 8.57. The van der Waals surface area contributed by atoms with Crippen LogP contribution in [0.2, 0.25) is 0 Å². The van der Waals surface area contributed by atoms with Gasteiger partial charge in [-0.15, -0.1) is 0 Å². The molecule has 3 aromatic rings. The van der Waals surface area contributed by atoms with Crippen LogP contribution >= 0.6 is 0 Å². The van der Waals surface area contributed by atoms with Crippen LogP contribution in [0, 0.1) is 0 Å². The average Bonchev–Trinajstić information content (AvgIpc) is 3.39. The second kappa shape index (κ2) is 15.7. The molecule has 270 valence electrons. The van der Waals surface area contributed by atoms with Crippen molar-refractivity contribution >= 4 is 67.4 Å². The molecule has 14 nitrogen and oxygen atoms in total. The van der Waals surface area contributed by atoms with E-state index in [4.69, 9.17) is 10.2 Å². The Kier molecular flexibility index (Phi) is 12.6. The van der Waals surface area contributed by atoms with E-state index in [1.165, 1.54) is 33.9 Å². The van der Waals surface area contributed by atoms with Gasteiger partial charge < -0.3 is 9.11 Å². The van der Waals surface area contributed by atoms with Gasteiger partial charge in [0.2, 0.25) is 43.6 Å². The summed E-state index contributed by atoms with van der Waals surface area (Å²) in [6, 6.07) is 25.4. The first kappa shape index (κ1) is 40.1. The summed E-state index contributed by atoms with van der Waals surface area (Å²) in [6.45, 7) is 9.02. The van der Waals surface area contributed by atoms with Gasteiger partial charge in [-0.25, -0.2) is 16.8 Å². The number of hydrogen-bond donors (Lipinski definition) is 0. The van der Waals surface area contributed by atoms with Crippen LogP contribution in [0.1, 0.15) is 38.8 Å². The van der Waals surface area contributed by atoms with Crippen molar-refractivity contribution in [2.24, 2.45) is 10.2 Å². The molecule has 16 heteroatoms. The second-order valence-corrected chi connectivity index (χ2v) is 14.7. The minimum atomic E-state index is -4.41. The fourth-order valence-corrected chi connectivity index (χ4v) is 5.77. The highest BCUT2D eigenvalue weighted by molar-refractivity contribution is 7.81. The Bertz CT molecular complexity index is 1910. The average molecular weight is 729 g/mol. The lowest BCUT2D eigenvalue weighted by atomic mass is 9.82. The molecular formula is C34H44N6O8S2. The van der Waals surface area contributed by atoms with Gasteiger partial charge in [0.15, 0.2) is 0 Å². The number of benzene rings is 3. The van der Waals surface area contributed by atoms with E-state index in [0.29, 0.717) is 0 Å². The molecular weight excluding hydrogens is 685 g/mol. The van der Waals surface area contributed by atoms with Crippen LogP contribution in [0.5, 0.6) is 0 Å². The molecule has 3 aromatic carbocycles. The van der Waals surface area contributed by atoms with Gasteiger partial charge in [0.1, 0.15) is 26.5 Å². The van der Waals surface area contributed by atoms with Crippen molar-refractivity contribution < 1.29 is 43.5 Å². The monoisotopic (exact) mass is 728 g/mol. The predicted octanol–water partition coefficient (Wildman–Crippen LogP) is 4.13. The molecule has 0 N–H and O–H groups in total. The summed E-state index contributed by atoms with van der Waals surface area (Å²) < 4.78 is 66.5. The van der Waals surface area contributed by atoms with E-state index in [2.05, 4.69) is 126 Å². The lowest BCUT2D eigenvalue weighted by Crippen LogP contribution is -2.30. The third-order valence-corrected chi connectivity index (χ3v) is 9.39. The van der Waals surface area contributed by atoms with Gasteiger partial charge in [-0.3, -0.25) is 18.4 Å². The summed E-state index contributed by atoms with van der Waals surface area (Å²) in [5.74, 6) is 0. The van der Waals surface area contributed by atoms with Crippen molar-refractivity contribution in [2.45, 2.75) is 38.5 Å². The Morgan fingerprint density at radius 2 is 0.960 bits per heavy atom. The molecule has 0 saturated carbocycles. The van der Waals surface area contributed by atoms with Crippen LogP contribution in [-0.2, 0) is 40.0 Å². The minimum Gasteiger partial charge on any atom is -0.726 e. The molecule has 0 aliphatic carbocycles. The van der Waals surface area contributed by atoms with Gasteiger partial charge in [0, 0.05) is 37.4 Å². The summed E-state index contributed by atoms with van der Waals surface area (Å²) in [4.78, 5) is 0. The topological polar surface area (TPSA) is 170 Å². The van der Waals surface area contributed by atoms with Crippen LogP contribution in [0.4, 0.5) is 22.7 Å². The van der Waals surface area contributed by atoms with E-state index >= 15 is 0 Å². The van der Waals surface area contributed by atoms with Gasteiger partial charge in [0.05, 0.1) is 36.4 Å². The molecule has 2 heterocycles. The van der Waals surface area contributed by atoms with Gasteiger partial charge in [-0.2, -0.15) is 19.4 Å². The highest BCUT2D eigenvalue weighted by atomic mass is 32.3. The SMILES string of the molecule is CN(/N=C/C1=[N+](C)c2ccccc2C1(C)C)c1cccc(N(C)/N=C/C2=[N+](C)c3ccccc3C2(C)C)c1.COS(=O)(=O)[O-].COS(=O)(=O)[O-]. The smallest absolute Gasteiger partial charge is 0.217 e. The van der Waals surface area contributed by atoms with E-state index in [0.717, 1.165) is 25.6 Å². The van der Waals surface area contributed by atoms with Crippen molar-refractivity contribution in [1.82, 2.24) is 0 Å². The fraction of sp³-hybridized carbons (Fsp3) is 0.353. The maximum atomic E-state index is 9.22. The summed E-state index contributed by atoms with van der Waals surface area (Å²) in [6.07, 6.45) is 3.97. The first-order valence-corrected chi connectivity index (χ1v) is 17.9. The van der Waals surface area contributed by atoms with Crippen molar-refractivity contribution in [1.29, 1.82) is 0 Å². The molecule has 2 aliphatic heterocycles. The number of hydrogen-bond acceptors (Lipinski definition) is 12. The number of fused-ring (bicyclic) bond motifs is 2. The molecule has 0 amide bonds. The van der Waals surface area contributed by atoms with Crippen LogP contribution in [0.3, 0.4) is 0 Å². The maximum Gasteiger partial charge on any atom is 0.217 e. The highest BCUT2D eigenvalue weighted by Crippen LogP contribution is 2.39. The molecule has 0 aromatic heterocycles. The molecule has 50 heavy (non-hydrogen) atoms.